The predicted octanol–water partition coefficient (Wildman–Crippen LogP) is 6.87. The van der Waals surface area contributed by atoms with E-state index >= 15 is 0 Å². The van der Waals surface area contributed by atoms with Crippen LogP contribution in [0.1, 0.15) is 11.1 Å². The number of carbonyl (C=O) groups is 2. The third-order valence-electron chi connectivity index (χ3n) is 5.25. The minimum atomic E-state index is -4.49. The van der Waals surface area contributed by atoms with Crippen LogP contribution in [-0.4, -0.2) is 24.9 Å². The first kappa shape index (κ1) is 29.6. The van der Waals surface area contributed by atoms with E-state index in [1.165, 1.54) is 12.1 Å². The molecule has 4 rings (SSSR count). The lowest BCUT2D eigenvalue weighted by atomic mass is 9.94. The zero-order valence-corrected chi connectivity index (χ0v) is 27.0. The van der Waals surface area contributed by atoms with Crippen molar-refractivity contribution in [1.82, 2.24) is 0 Å². The molecule has 0 spiro atoms. The van der Waals surface area contributed by atoms with Gasteiger partial charge >= 0.3 is 11.9 Å². The van der Waals surface area contributed by atoms with Crippen molar-refractivity contribution in [2.75, 3.05) is 0 Å². The van der Waals surface area contributed by atoms with E-state index in [0.717, 1.165) is 3.57 Å². The molecule has 0 atom stereocenters. The molecule has 0 unspecified atom stereocenters. The highest BCUT2D eigenvalue weighted by atomic mass is 127. The lowest BCUT2D eigenvalue weighted by Gasteiger charge is -2.16. The molecular formula is C28H17I3O7S. The van der Waals surface area contributed by atoms with Crippen molar-refractivity contribution in [1.29, 1.82) is 0 Å². The Morgan fingerprint density at radius 1 is 0.615 bits per heavy atom. The van der Waals surface area contributed by atoms with Crippen LogP contribution in [0.2, 0.25) is 0 Å². The van der Waals surface area contributed by atoms with Crippen LogP contribution in [0.3, 0.4) is 0 Å². The quantitative estimate of drug-likeness (QED) is 0.0540. The fourth-order valence-electron chi connectivity index (χ4n) is 3.60. The topological polar surface area (TPSA) is 107 Å². The molecule has 0 aliphatic rings. The number of halogens is 3. The van der Waals surface area contributed by atoms with Crippen molar-refractivity contribution in [3.05, 3.63) is 119 Å². The minimum absolute atomic E-state index is 0.00991. The second kappa shape index (κ2) is 12.9. The molecule has 39 heavy (non-hydrogen) atoms. The minimum Gasteiger partial charge on any atom is -0.423 e. The first-order valence-corrected chi connectivity index (χ1v) is 15.7. The number of esters is 2. The van der Waals surface area contributed by atoms with Gasteiger partial charge in [0.1, 0.15) is 16.4 Å². The molecule has 0 heterocycles. The van der Waals surface area contributed by atoms with Gasteiger partial charge in [-0.25, -0.2) is 9.59 Å². The molecule has 0 saturated heterocycles. The number of ether oxygens (including phenoxy) is 2. The number of hydrogen-bond donors (Lipinski definition) is 1. The van der Waals surface area contributed by atoms with E-state index < -0.39 is 22.1 Å². The Labute approximate surface area is 265 Å². The van der Waals surface area contributed by atoms with Crippen LogP contribution in [0.25, 0.3) is 11.1 Å². The summed E-state index contributed by atoms with van der Waals surface area (Å²) in [5.41, 5.74) is 0.806. The Bertz CT molecular complexity index is 1650. The third kappa shape index (κ3) is 7.45. The van der Waals surface area contributed by atoms with Crippen LogP contribution in [0.5, 0.6) is 11.5 Å². The maximum Gasteiger partial charge on any atom is 0.345 e. The summed E-state index contributed by atoms with van der Waals surface area (Å²) < 4.78 is 45.7. The van der Waals surface area contributed by atoms with E-state index in [0.29, 0.717) is 16.9 Å². The maximum absolute atomic E-state index is 13.8. The Morgan fingerprint density at radius 2 is 1.03 bits per heavy atom. The summed E-state index contributed by atoms with van der Waals surface area (Å²) >= 11 is 5.62. The summed E-state index contributed by atoms with van der Waals surface area (Å²) in [6.07, 6.45) is 0. The van der Waals surface area contributed by atoms with Gasteiger partial charge in [-0.05, 0) is 115 Å². The molecule has 4 aromatic rings. The van der Waals surface area contributed by atoms with Crippen LogP contribution in [0.15, 0.2) is 102 Å². The van der Waals surface area contributed by atoms with Gasteiger partial charge in [-0.15, -0.1) is 0 Å². The molecule has 4 aromatic carbocycles. The van der Waals surface area contributed by atoms with Crippen molar-refractivity contribution in [2.24, 2.45) is 0 Å². The van der Waals surface area contributed by atoms with Gasteiger partial charge in [-0.2, -0.15) is 8.42 Å². The highest BCUT2D eigenvalue weighted by molar-refractivity contribution is 14.1. The number of benzene rings is 4. The first-order chi connectivity index (χ1) is 18.5. The Kier molecular flexibility index (Phi) is 9.79. The average Bonchev–Trinajstić information content (AvgIpc) is 2.88. The molecule has 7 nitrogen and oxygen atoms in total. The van der Waals surface area contributed by atoms with Gasteiger partial charge in [0.05, 0.1) is 11.1 Å². The number of carbonyl (C=O) groups excluding carboxylic acids is 2. The SMILES string of the molecule is O=C(Oc1ccc(I)cc1)/C(=C(\C(=O)Oc1cc(I)c(S(=O)(=O)O)c(I)c1)c1ccccc1)c1ccccc1. The van der Waals surface area contributed by atoms with E-state index in [9.17, 15) is 22.6 Å². The second-order valence-corrected chi connectivity index (χ2v) is 12.8. The van der Waals surface area contributed by atoms with Crippen LogP contribution < -0.4 is 9.47 Å². The van der Waals surface area contributed by atoms with E-state index in [2.05, 4.69) is 22.6 Å². The highest BCUT2D eigenvalue weighted by Gasteiger charge is 2.28. The molecule has 0 aliphatic carbocycles. The third-order valence-corrected chi connectivity index (χ3v) is 9.36. The van der Waals surface area contributed by atoms with Gasteiger partial charge in [0.25, 0.3) is 10.1 Å². The molecule has 198 valence electrons. The Balaban J connectivity index is 1.86. The van der Waals surface area contributed by atoms with E-state index in [4.69, 9.17) is 9.47 Å². The van der Waals surface area contributed by atoms with Crippen LogP contribution in [0.4, 0.5) is 0 Å². The van der Waals surface area contributed by atoms with Gasteiger partial charge in [0.2, 0.25) is 0 Å². The molecule has 0 aromatic heterocycles. The predicted molar refractivity (Wildman–Crippen MR) is 172 cm³/mol. The lowest BCUT2D eigenvalue weighted by Crippen LogP contribution is -2.19. The summed E-state index contributed by atoms with van der Waals surface area (Å²) in [6.45, 7) is 0. The van der Waals surface area contributed by atoms with Crippen LogP contribution in [-0.2, 0) is 19.7 Å². The average molecular weight is 878 g/mol. The van der Waals surface area contributed by atoms with Crippen molar-refractivity contribution in [3.63, 3.8) is 0 Å². The van der Waals surface area contributed by atoms with Crippen molar-refractivity contribution < 1.29 is 32.0 Å². The van der Waals surface area contributed by atoms with Crippen LogP contribution >= 0.6 is 67.8 Å². The maximum atomic E-state index is 13.8. The largest absolute Gasteiger partial charge is 0.423 e. The Morgan fingerprint density at radius 3 is 1.44 bits per heavy atom. The molecule has 0 amide bonds. The van der Waals surface area contributed by atoms with E-state index in [1.807, 2.05) is 0 Å². The molecule has 1 N–H and O–H groups in total. The molecule has 0 aliphatic heterocycles. The summed E-state index contributed by atoms with van der Waals surface area (Å²) in [5, 5.41) is 0. The molecular weight excluding hydrogens is 861 g/mol. The monoisotopic (exact) mass is 878 g/mol. The molecule has 11 heteroatoms. The van der Waals surface area contributed by atoms with Gasteiger partial charge in [0, 0.05) is 10.7 Å². The van der Waals surface area contributed by atoms with E-state index in [-0.39, 0.29) is 28.9 Å². The molecule has 0 fully saturated rings. The highest BCUT2D eigenvalue weighted by Crippen LogP contribution is 2.33. The zero-order valence-electron chi connectivity index (χ0n) is 19.7. The van der Waals surface area contributed by atoms with Crippen molar-refractivity contribution >= 4 is 101 Å². The molecule has 0 saturated carbocycles. The fraction of sp³-hybridized carbons (Fsp3) is 0. The van der Waals surface area contributed by atoms with Crippen molar-refractivity contribution in [2.45, 2.75) is 4.90 Å². The van der Waals surface area contributed by atoms with Crippen LogP contribution in [0, 0.1) is 10.7 Å². The second-order valence-electron chi connectivity index (χ2n) is 7.91. The summed E-state index contributed by atoms with van der Waals surface area (Å²) in [5.74, 6) is -1.28. The molecule has 0 bridgehead atoms. The van der Waals surface area contributed by atoms with Gasteiger partial charge in [-0.3, -0.25) is 4.55 Å². The van der Waals surface area contributed by atoms with Crippen molar-refractivity contribution in [3.8, 4) is 11.5 Å². The van der Waals surface area contributed by atoms with Gasteiger partial charge in [-0.1, -0.05) is 60.7 Å². The number of hydrogen-bond acceptors (Lipinski definition) is 6. The summed E-state index contributed by atoms with van der Waals surface area (Å²) in [7, 11) is -4.49. The number of rotatable bonds is 7. The fourth-order valence-corrected chi connectivity index (χ4v) is 7.95. The smallest absolute Gasteiger partial charge is 0.345 e. The zero-order chi connectivity index (χ0) is 28.2. The normalized spacial score (nSPS) is 11.9. The first-order valence-electron chi connectivity index (χ1n) is 11.1. The van der Waals surface area contributed by atoms with Gasteiger partial charge in [0.15, 0.2) is 0 Å². The van der Waals surface area contributed by atoms with E-state index in [1.54, 1.807) is 130 Å². The summed E-state index contributed by atoms with van der Waals surface area (Å²) in [6, 6.07) is 26.7. The summed E-state index contributed by atoms with van der Waals surface area (Å²) in [4.78, 5) is 27.1. The van der Waals surface area contributed by atoms with Gasteiger partial charge < -0.3 is 9.47 Å². The Hall–Kier alpha value is -2.34. The standard InChI is InChI=1S/C28H17I3O7S/c29-19-11-13-20(14-12-19)37-27(32)24(17-7-3-1-4-8-17)25(18-9-5-2-6-10-18)28(33)38-21-15-22(30)26(23(31)16-21)39(34,35)36/h1-16H,(H,34,35,36)/b25-24-. The molecule has 0 radical (unpaired) electrons. The lowest BCUT2D eigenvalue weighted by molar-refractivity contribution is -0.130.